The van der Waals surface area contributed by atoms with Crippen molar-refractivity contribution in [2.24, 2.45) is 0 Å². The molecule has 5 nitrogen and oxygen atoms in total. The van der Waals surface area contributed by atoms with E-state index in [0.29, 0.717) is 24.7 Å². The minimum Gasteiger partial charge on any atom is -0.486 e. The van der Waals surface area contributed by atoms with Crippen molar-refractivity contribution in [3.05, 3.63) is 52.0 Å². The standard InChI is InChI=1S/C19H17BrF3NO4/c20-15-9-17-16(26-5-6-27-17)7-13(15)8-18(25)24-10-12-1-3-14(4-2-12)28-11-19(21,22)23/h1-4,7,9H,5-6,8,10-11H2,(H,24,25). The Kier molecular flexibility index (Phi) is 6.33. The minimum absolute atomic E-state index is 0.118. The normalized spacial score (nSPS) is 13.1. The second kappa shape index (κ2) is 8.72. The summed E-state index contributed by atoms with van der Waals surface area (Å²) >= 11 is 3.43. The predicted octanol–water partition coefficient (Wildman–Crippen LogP) is 4.02. The first-order valence-electron chi connectivity index (χ1n) is 8.43. The highest BCUT2D eigenvalue weighted by Crippen LogP contribution is 2.35. The van der Waals surface area contributed by atoms with Crippen molar-refractivity contribution in [3.63, 3.8) is 0 Å². The molecule has 2 aromatic rings. The summed E-state index contributed by atoms with van der Waals surface area (Å²) in [4.78, 5) is 12.2. The zero-order valence-electron chi connectivity index (χ0n) is 14.6. The van der Waals surface area contributed by atoms with Gasteiger partial charge >= 0.3 is 6.18 Å². The van der Waals surface area contributed by atoms with E-state index in [4.69, 9.17) is 9.47 Å². The molecule has 0 saturated heterocycles. The van der Waals surface area contributed by atoms with Crippen LogP contribution in [-0.2, 0) is 17.8 Å². The van der Waals surface area contributed by atoms with Crippen molar-refractivity contribution < 1.29 is 32.2 Å². The number of hydrogen-bond acceptors (Lipinski definition) is 4. The van der Waals surface area contributed by atoms with Gasteiger partial charge in [0.05, 0.1) is 6.42 Å². The zero-order valence-corrected chi connectivity index (χ0v) is 16.2. The lowest BCUT2D eigenvalue weighted by molar-refractivity contribution is -0.153. The number of alkyl halides is 3. The molecule has 1 N–H and O–H groups in total. The van der Waals surface area contributed by atoms with Crippen LogP contribution in [0.25, 0.3) is 0 Å². The summed E-state index contributed by atoms with van der Waals surface area (Å²) in [5.74, 6) is 1.16. The number of carbonyl (C=O) groups excluding carboxylic acids is 1. The number of ether oxygens (including phenoxy) is 3. The van der Waals surface area contributed by atoms with Crippen molar-refractivity contribution >= 4 is 21.8 Å². The van der Waals surface area contributed by atoms with E-state index in [1.165, 1.54) is 12.1 Å². The average Bonchev–Trinajstić information content (AvgIpc) is 2.65. The first kappa shape index (κ1) is 20.3. The van der Waals surface area contributed by atoms with Crippen LogP contribution in [0.1, 0.15) is 11.1 Å². The molecule has 0 bridgehead atoms. The van der Waals surface area contributed by atoms with Gasteiger partial charge in [-0.05, 0) is 35.4 Å². The fraction of sp³-hybridized carbons (Fsp3) is 0.316. The molecule has 0 radical (unpaired) electrons. The van der Waals surface area contributed by atoms with E-state index in [2.05, 4.69) is 26.0 Å². The summed E-state index contributed by atoms with van der Waals surface area (Å²) in [6.07, 6.45) is -4.24. The molecular formula is C19H17BrF3NO4. The van der Waals surface area contributed by atoms with Gasteiger partial charge in [0.15, 0.2) is 18.1 Å². The topological polar surface area (TPSA) is 56.8 Å². The van der Waals surface area contributed by atoms with Gasteiger partial charge in [-0.2, -0.15) is 13.2 Å². The van der Waals surface area contributed by atoms with Crippen LogP contribution in [0.5, 0.6) is 17.2 Å². The van der Waals surface area contributed by atoms with Crippen LogP contribution in [0.2, 0.25) is 0 Å². The summed E-state index contributed by atoms with van der Waals surface area (Å²) < 4.78 is 52.8. The molecule has 0 spiro atoms. The number of hydrogen-bond donors (Lipinski definition) is 1. The third-order valence-corrected chi connectivity index (χ3v) is 4.62. The second-order valence-electron chi connectivity index (χ2n) is 6.09. The molecule has 9 heteroatoms. The van der Waals surface area contributed by atoms with Crippen LogP contribution in [0.3, 0.4) is 0 Å². The van der Waals surface area contributed by atoms with Gasteiger partial charge in [-0.3, -0.25) is 4.79 Å². The van der Waals surface area contributed by atoms with Crippen molar-refractivity contribution in [2.45, 2.75) is 19.1 Å². The fourth-order valence-electron chi connectivity index (χ4n) is 2.55. The van der Waals surface area contributed by atoms with Gasteiger partial charge in [0, 0.05) is 11.0 Å². The Morgan fingerprint density at radius 2 is 1.75 bits per heavy atom. The van der Waals surface area contributed by atoms with Gasteiger partial charge < -0.3 is 19.5 Å². The third-order valence-electron chi connectivity index (χ3n) is 3.88. The number of fused-ring (bicyclic) bond motifs is 1. The van der Waals surface area contributed by atoms with Crippen LogP contribution >= 0.6 is 15.9 Å². The maximum Gasteiger partial charge on any atom is 0.422 e. The van der Waals surface area contributed by atoms with E-state index in [9.17, 15) is 18.0 Å². The SMILES string of the molecule is O=C(Cc1cc2c(cc1Br)OCCO2)NCc1ccc(OCC(F)(F)F)cc1. The lowest BCUT2D eigenvalue weighted by atomic mass is 10.1. The smallest absolute Gasteiger partial charge is 0.422 e. The molecule has 1 heterocycles. The predicted molar refractivity (Wildman–Crippen MR) is 98.7 cm³/mol. The number of halogens is 4. The summed E-state index contributed by atoms with van der Waals surface area (Å²) in [7, 11) is 0. The molecule has 0 unspecified atom stereocenters. The van der Waals surface area contributed by atoms with Crippen LogP contribution in [-0.4, -0.2) is 31.9 Å². The molecule has 1 aliphatic heterocycles. The van der Waals surface area contributed by atoms with E-state index < -0.39 is 12.8 Å². The summed E-state index contributed by atoms with van der Waals surface area (Å²) in [5.41, 5.74) is 1.51. The second-order valence-corrected chi connectivity index (χ2v) is 6.94. The van der Waals surface area contributed by atoms with Gasteiger partial charge in [-0.25, -0.2) is 0 Å². The molecule has 0 aliphatic carbocycles. The van der Waals surface area contributed by atoms with Gasteiger partial charge in [0.2, 0.25) is 5.91 Å². The Balaban J connectivity index is 1.52. The van der Waals surface area contributed by atoms with Gasteiger partial charge in [0.25, 0.3) is 0 Å². The van der Waals surface area contributed by atoms with E-state index in [1.807, 2.05) is 0 Å². The van der Waals surface area contributed by atoms with Crippen molar-refractivity contribution in [1.82, 2.24) is 5.32 Å². The molecule has 150 valence electrons. The largest absolute Gasteiger partial charge is 0.486 e. The monoisotopic (exact) mass is 459 g/mol. The quantitative estimate of drug-likeness (QED) is 0.708. The van der Waals surface area contributed by atoms with Crippen LogP contribution < -0.4 is 19.5 Å². The molecule has 0 saturated carbocycles. The molecule has 28 heavy (non-hydrogen) atoms. The minimum atomic E-state index is -4.38. The Morgan fingerprint density at radius 3 is 2.39 bits per heavy atom. The molecule has 0 atom stereocenters. The lowest BCUT2D eigenvalue weighted by Crippen LogP contribution is -2.25. The van der Waals surface area contributed by atoms with E-state index in [1.54, 1.807) is 24.3 Å². The molecule has 0 aromatic heterocycles. The van der Waals surface area contributed by atoms with E-state index >= 15 is 0 Å². The summed E-state index contributed by atoms with van der Waals surface area (Å²) in [5, 5.41) is 2.78. The van der Waals surface area contributed by atoms with Crippen molar-refractivity contribution in [1.29, 1.82) is 0 Å². The summed E-state index contributed by atoms with van der Waals surface area (Å²) in [6, 6.07) is 9.62. The van der Waals surface area contributed by atoms with Gasteiger partial charge in [-0.1, -0.05) is 28.1 Å². The van der Waals surface area contributed by atoms with E-state index in [-0.39, 0.29) is 24.6 Å². The molecule has 2 aromatic carbocycles. The highest BCUT2D eigenvalue weighted by atomic mass is 79.9. The van der Waals surface area contributed by atoms with Crippen molar-refractivity contribution in [3.8, 4) is 17.2 Å². The van der Waals surface area contributed by atoms with Crippen LogP contribution in [0.4, 0.5) is 13.2 Å². The Morgan fingerprint density at radius 1 is 1.11 bits per heavy atom. The first-order chi connectivity index (χ1) is 13.3. The Bertz CT molecular complexity index is 840. The maximum absolute atomic E-state index is 12.2. The third kappa shape index (κ3) is 5.79. The number of amides is 1. The maximum atomic E-state index is 12.2. The zero-order chi connectivity index (χ0) is 20.1. The Hall–Kier alpha value is -2.42. The fourth-order valence-corrected chi connectivity index (χ4v) is 3.01. The number of nitrogens with one attached hydrogen (secondary N) is 1. The molecule has 1 aliphatic rings. The number of benzene rings is 2. The molecular weight excluding hydrogens is 443 g/mol. The number of carbonyl (C=O) groups is 1. The summed E-state index contributed by atoms with van der Waals surface area (Å²) in [6.45, 7) is -0.143. The molecule has 3 rings (SSSR count). The highest BCUT2D eigenvalue weighted by Gasteiger charge is 2.28. The molecule has 1 amide bonds. The Labute approximate surface area is 167 Å². The van der Waals surface area contributed by atoms with Gasteiger partial charge in [0.1, 0.15) is 19.0 Å². The lowest BCUT2D eigenvalue weighted by Gasteiger charge is -2.19. The molecule has 0 fully saturated rings. The van der Waals surface area contributed by atoms with Crippen LogP contribution in [0, 0.1) is 0 Å². The van der Waals surface area contributed by atoms with E-state index in [0.717, 1.165) is 15.6 Å². The average molecular weight is 460 g/mol. The van der Waals surface area contributed by atoms with Crippen LogP contribution in [0.15, 0.2) is 40.9 Å². The van der Waals surface area contributed by atoms with Gasteiger partial charge in [-0.15, -0.1) is 0 Å². The number of rotatable bonds is 6. The highest BCUT2D eigenvalue weighted by molar-refractivity contribution is 9.10. The van der Waals surface area contributed by atoms with Crippen molar-refractivity contribution in [2.75, 3.05) is 19.8 Å². The first-order valence-corrected chi connectivity index (χ1v) is 9.23.